The molecule has 1 heteroatoms. The maximum atomic E-state index is 3.87. The van der Waals surface area contributed by atoms with Gasteiger partial charge in [-0.15, -0.1) is 11.3 Å². The smallest absolute Gasteiger partial charge is 0.0355 e. The molecule has 1 aromatic heterocycles. The normalized spacial score (nSPS) is 11.2. The summed E-state index contributed by atoms with van der Waals surface area (Å²) in [5.41, 5.74) is 2.43. The molecular formula is C19H20S. The zero-order valence-corrected chi connectivity index (χ0v) is 13.1. The molecule has 0 saturated heterocycles. The van der Waals surface area contributed by atoms with E-state index in [1.54, 1.807) is 0 Å². The standard InChI is InChI=1S/C17H14S.C2H6/c1-3-12(4-2)13-9-10-17-15(11-13)14-7-5-6-8-16(14)18-17;1-2/h3-11H,1H2,2H3;1-2H3/b12-4+;. The minimum absolute atomic E-state index is 1.19. The molecule has 0 aliphatic heterocycles. The molecular weight excluding hydrogens is 260 g/mol. The Morgan fingerprint density at radius 2 is 1.70 bits per heavy atom. The lowest BCUT2D eigenvalue weighted by molar-refractivity contribution is 1.50. The second-order valence-corrected chi connectivity index (χ2v) is 5.34. The number of benzene rings is 2. The van der Waals surface area contributed by atoms with Crippen LogP contribution in [0.15, 0.2) is 61.2 Å². The van der Waals surface area contributed by atoms with Gasteiger partial charge < -0.3 is 0 Å². The maximum absolute atomic E-state index is 3.87. The molecule has 0 N–H and O–H groups in total. The first kappa shape index (κ1) is 14.5. The van der Waals surface area contributed by atoms with Gasteiger partial charge in [0, 0.05) is 20.2 Å². The van der Waals surface area contributed by atoms with Gasteiger partial charge in [-0.25, -0.2) is 0 Å². The summed E-state index contributed by atoms with van der Waals surface area (Å²) in [4.78, 5) is 0. The van der Waals surface area contributed by atoms with Crippen molar-refractivity contribution in [2.45, 2.75) is 20.8 Å². The number of hydrogen-bond donors (Lipinski definition) is 0. The van der Waals surface area contributed by atoms with Gasteiger partial charge in [0.15, 0.2) is 0 Å². The average Bonchev–Trinajstić information content (AvgIpc) is 2.89. The van der Waals surface area contributed by atoms with E-state index in [1.807, 2.05) is 38.2 Å². The molecule has 102 valence electrons. The predicted molar refractivity (Wildman–Crippen MR) is 94.5 cm³/mol. The third kappa shape index (κ3) is 2.54. The van der Waals surface area contributed by atoms with E-state index in [4.69, 9.17) is 0 Å². The highest BCUT2D eigenvalue weighted by atomic mass is 32.1. The van der Waals surface area contributed by atoms with E-state index in [0.717, 1.165) is 0 Å². The Labute approximate surface area is 125 Å². The van der Waals surface area contributed by atoms with Crippen LogP contribution in [-0.2, 0) is 0 Å². The topological polar surface area (TPSA) is 0 Å². The van der Waals surface area contributed by atoms with Crippen LogP contribution in [0.4, 0.5) is 0 Å². The molecule has 3 aromatic rings. The lowest BCUT2D eigenvalue weighted by Gasteiger charge is -2.02. The summed E-state index contributed by atoms with van der Waals surface area (Å²) in [6.45, 7) is 9.92. The number of allylic oxidation sites excluding steroid dienone is 3. The lowest BCUT2D eigenvalue weighted by atomic mass is 10.0. The zero-order chi connectivity index (χ0) is 14.5. The summed E-state index contributed by atoms with van der Waals surface area (Å²) in [5, 5.41) is 2.69. The van der Waals surface area contributed by atoms with Crippen LogP contribution >= 0.6 is 11.3 Å². The summed E-state index contributed by atoms with van der Waals surface area (Å²) in [7, 11) is 0. The Hall–Kier alpha value is -1.86. The third-order valence-electron chi connectivity index (χ3n) is 3.24. The highest BCUT2D eigenvalue weighted by Crippen LogP contribution is 2.35. The van der Waals surface area contributed by atoms with Crippen LogP contribution in [0, 0.1) is 0 Å². The van der Waals surface area contributed by atoms with E-state index in [2.05, 4.69) is 55.1 Å². The van der Waals surface area contributed by atoms with Crippen molar-refractivity contribution in [2.75, 3.05) is 0 Å². The quantitative estimate of drug-likeness (QED) is 0.460. The zero-order valence-electron chi connectivity index (χ0n) is 12.3. The van der Waals surface area contributed by atoms with Crippen LogP contribution in [0.3, 0.4) is 0 Å². The van der Waals surface area contributed by atoms with Gasteiger partial charge in [-0.3, -0.25) is 0 Å². The Bertz CT molecular complexity index is 760. The van der Waals surface area contributed by atoms with E-state index >= 15 is 0 Å². The van der Waals surface area contributed by atoms with Crippen molar-refractivity contribution >= 4 is 37.1 Å². The van der Waals surface area contributed by atoms with Gasteiger partial charge in [0.2, 0.25) is 0 Å². The highest BCUT2D eigenvalue weighted by Gasteiger charge is 2.05. The van der Waals surface area contributed by atoms with Gasteiger partial charge in [-0.1, -0.05) is 56.8 Å². The van der Waals surface area contributed by atoms with Gasteiger partial charge >= 0.3 is 0 Å². The van der Waals surface area contributed by atoms with Crippen molar-refractivity contribution in [3.8, 4) is 0 Å². The highest BCUT2D eigenvalue weighted by molar-refractivity contribution is 7.25. The first-order valence-corrected chi connectivity index (χ1v) is 7.85. The Morgan fingerprint density at radius 3 is 2.40 bits per heavy atom. The molecule has 1 heterocycles. The van der Waals surface area contributed by atoms with Crippen LogP contribution in [0.1, 0.15) is 26.3 Å². The van der Waals surface area contributed by atoms with Gasteiger partial charge in [-0.2, -0.15) is 0 Å². The van der Waals surface area contributed by atoms with Crippen molar-refractivity contribution in [1.82, 2.24) is 0 Å². The molecule has 2 aromatic carbocycles. The first-order valence-electron chi connectivity index (χ1n) is 7.04. The lowest BCUT2D eigenvalue weighted by Crippen LogP contribution is -1.79. The van der Waals surface area contributed by atoms with Crippen LogP contribution in [0.25, 0.3) is 25.7 Å². The van der Waals surface area contributed by atoms with E-state index < -0.39 is 0 Å². The summed E-state index contributed by atoms with van der Waals surface area (Å²) in [6, 6.07) is 15.2. The molecule has 0 saturated carbocycles. The number of thiophene rings is 1. The molecule has 0 bridgehead atoms. The fraction of sp³-hybridized carbons (Fsp3) is 0.158. The molecule has 0 unspecified atom stereocenters. The minimum Gasteiger partial charge on any atom is -0.135 e. The van der Waals surface area contributed by atoms with E-state index in [-0.39, 0.29) is 0 Å². The molecule has 0 radical (unpaired) electrons. The summed E-state index contributed by atoms with van der Waals surface area (Å²) in [5.74, 6) is 0. The summed E-state index contributed by atoms with van der Waals surface area (Å²) < 4.78 is 2.70. The Kier molecular flexibility index (Phi) is 4.75. The monoisotopic (exact) mass is 280 g/mol. The molecule has 0 atom stereocenters. The van der Waals surface area contributed by atoms with Crippen LogP contribution < -0.4 is 0 Å². The van der Waals surface area contributed by atoms with Crippen LogP contribution in [0.5, 0.6) is 0 Å². The molecule has 0 amide bonds. The molecule has 0 fully saturated rings. The number of hydrogen-bond acceptors (Lipinski definition) is 1. The van der Waals surface area contributed by atoms with Crippen molar-refractivity contribution < 1.29 is 0 Å². The largest absolute Gasteiger partial charge is 0.135 e. The second-order valence-electron chi connectivity index (χ2n) is 4.26. The van der Waals surface area contributed by atoms with E-state index in [0.29, 0.717) is 0 Å². The van der Waals surface area contributed by atoms with Gasteiger partial charge in [-0.05, 0) is 36.3 Å². The summed E-state index contributed by atoms with van der Waals surface area (Å²) in [6.07, 6.45) is 4.01. The van der Waals surface area contributed by atoms with Crippen molar-refractivity contribution in [2.24, 2.45) is 0 Å². The predicted octanol–water partition coefficient (Wildman–Crippen LogP) is 6.67. The van der Waals surface area contributed by atoms with Crippen LogP contribution in [-0.4, -0.2) is 0 Å². The third-order valence-corrected chi connectivity index (χ3v) is 4.39. The average molecular weight is 280 g/mol. The van der Waals surface area contributed by atoms with Gasteiger partial charge in [0.25, 0.3) is 0 Å². The number of fused-ring (bicyclic) bond motifs is 3. The van der Waals surface area contributed by atoms with E-state index in [9.17, 15) is 0 Å². The van der Waals surface area contributed by atoms with E-state index in [1.165, 1.54) is 31.3 Å². The van der Waals surface area contributed by atoms with Gasteiger partial charge in [0.05, 0.1) is 0 Å². The van der Waals surface area contributed by atoms with Crippen LogP contribution in [0.2, 0.25) is 0 Å². The molecule has 3 rings (SSSR count). The molecule has 0 aliphatic rings. The second kappa shape index (κ2) is 6.53. The Balaban J connectivity index is 0.000000704. The van der Waals surface area contributed by atoms with Crippen molar-refractivity contribution in [1.29, 1.82) is 0 Å². The number of rotatable bonds is 2. The Morgan fingerprint density at radius 1 is 1.00 bits per heavy atom. The molecule has 0 nitrogen and oxygen atoms in total. The van der Waals surface area contributed by atoms with Gasteiger partial charge in [0.1, 0.15) is 0 Å². The fourth-order valence-corrected chi connectivity index (χ4v) is 3.39. The summed E-state index contributed by atoms with van der Waals surface area (Å²) >= 11 is 1.85. The SMILES string of the molecule is C=C/C(=C\C)c1ccc2sc3ccccc3c2c1.CC. The maximum Gasteiger partial charge on any atom is 0.0355 e. The fourth-order valence-electron chi connectivity index (χ4n) is 2.31. The molecule has 0 spiro atoms. The van der Waals surface area contributed by atoms with Crippen molar-refractivity contribution in [3.63, 3.8) is 0 Å². The molecule has 0 aliphatic carbocycles. The minimum atomic E-state index is 1.19. The van der Waals surface area contributed by atoms with Crippen molar-refractivity contribution in [3.05, 3.63) is 66.8 Å². The molecule has 20 heavy (non-hydrogen) atoms. The first-order chi connectivity index (χ1) is 9.83.